The highest BCUT2D eigenvalue weighted by Gasteiger charge is 2.34. The summed E-state index contributed by atoms with van der Waals surface area (Å²) < 4.78 is 36.8. The van der Waals surface area contributed by atoms with Crippen molar-refractivity contribution in [2.45, 2.75) is 12.6 Å². The van der Waals surface area contributed by atoms with Crippen molar-refractivity contribution >= 4 is 17.9 Å². The summed E-state index contributed by atoms with van der Waals surface area (Å²) in [5.74, 6) is 0. The number of carbonyl (C=O) groups excluding carboxylic acids is 1. The molecule has 0 radical (unpaired) electrons. The number of rotatable bonds is 2. The van der Waals surface area contributed by atoms with Crippen LogP contribution in [-0.2, 0) is 17.4 Å². The smallest absolute Gasteiger partial charge is 0.303 e. The van der Waals surface area contributed by atoms with Crippen molar-refractivity contribution < 1.29 is 18.0 Å². The van der Waals surface area contributed by atoms with Crippen LogP contribution in [0.3, 0.4) is 0 Å². The number of carbonyl (C=O) groups is 1. The Labute approximate surface area is 82.7 Å². The second-order valence-corrected chi connectivity index (χ2v) is 2.91. The third-order valence-corrected chi connectivity index (χ3v) is 1.82. The number of hydrogen-bond donors (Lipinski definition) is 0. The maximum Gasteiger partial charge on any atom is 0.419 e. The molecule has 0 aliphatic rings. The van der Waals surface area contributed by atoms with Gasteiger partial charge in [0.2, 0.25) is 0 Å². The molecule has 1 aromatic rings. The lowest BCUT2D eigenvalue weighted by Gasteiger charge is -2.08. The molecule has 0 aromatic carbocycles. The average Bonchev–Trinajstić information content (AvgIpc) is 2.07. The van der Waals surface area contributed by atoms with E-state index in [2.05, 4.69) is 4.98 Å². The van der Waals surface area contributed by atoms with Gasteiger partial charge in [0.1, 0.15) is 11.4 Å². The minimum Gasteiger partial charge on any atom is -0.303 e. The summed E-state index contributed by atoms with van der Waals surface area (Å²) in [6.07, 6.45) is -2.99. The Bertz CT molecular complexity index is 351. The van der Waals surface area contributed by atoms with Gasteiger partial charge in [-0.15, -0.1) is 0 Å². The van der Waals surface area contributed by atoms with E-state index in [1.54, 1.807) is 0 Å². The van der Waals surface area contributed by atoms with Gasteiger partial charge in [-0.3, -0.25) is 0 Å². The van der Waals surface area contributed by atoms with Crippen LogP contribution < -0.4 is 0 Å². The van der Waals surface area contributed by atoms with Crippen LogP contribution in [0.5, 0.6) is 0 Å². The molecule has 0 fully saturated rings. The van der Waals surface area contributed by atoms with E-state index in [4.69, 9.17) is 11.6 Å². The van der Waals surface area contributed by atoms with Crippen LogP contribution >= 0.6 is 11.6 Å². The summed E-state index contributed by atoms with van der Waals surface area (Å²) in [5.41, 5.74) is -0.824. The van der Waals surface area contributed by atoms with Gasteiger partial charge < -0.3 is 4.79 Å². The topological polar surface area (TPSA) is 30.0 Å². The lowest BCUT2D eigenvalue weighted by atomic mass is 10.1. The molecule has 0 N–H and O–H groups in total. The number of alkyl halides is 3. The first-order valence-electron chi connectivity index (χ1n) is 3.60. The first-order valence-corrected chi connectivity index (χ1v) is 3.98. The van der Waals surface area contributed by atoms with Crippen LogP contribution in [0.4, 0.5) is 13.2 Å². The van der Waals surface area contributed by atoms with Crippen molar-refractivity contribution in [2.75, 3.05) is 0 Å². The molecule has 0 bridgehead atoms. The average molecular weight is 224 g/mol. The largest absolute Gasteiger partial charge is 0.419 e. The van der Waals surface area contributed by atoms with Crippen molar-refractivity contribution in [3.05, 3.63) is 28.5 Å². The van der Waals surface area contributed by atoms with Gasteiger partial charge in [-0.25, -0.2) is 4.98 Å². The number of aldehydes is 1. The molecule has 0 amide bonds. The Balaban J connectivity index is 3.15. The molecular formula is C8H5ClF3NO. The van der Waals surface area contributed by atoms with Crippen LogP contribution in [0.25, 0.3) is 0 Å². The van der Waals surface area contributed by atoms with Crippen LogP contribution in [0, 0.1) is 0 Å². The van der Waals surface area contributed by atoms with E-state index in [0.717, 1.165) is 12.3 Å². The van der Waals surface area contributed by atoms with E-state index in [1.807, 2.05) is 0 Å². The molecule has 0 spiro atoms. The number of hydrogen-bond acceptors (Lipinski definition) is 2. The van der Waals surface area contributed by atoms with Gasteiger partial charge >= 0.3 is 6.18 Å². The SMILES string of the molecule is O=CCc1cnc(Cl)c(C(F)(F)F)c1. The third kappa shape index (κ3) is 2.45. The second kappa shape index (κ2) is 3.96. The van der Waals surface area contributed by atoms with Crippen molar-refractivity contribution in [3.8, 4) is 0 Å². The molecule has 2 nitrogen and oxygen atoms in total. The lowest BCUT2D eigenvalue weighted by molar-refractivity contribution is -0.137. The summed E-state index contributed by atoms with van der Waals surface area (Å²) in [7, 11) is 0. The number of aromatic nitrogens is 1. The standard InChI is InChI=1S/C8H5ClF3NO/c9-7-6(8(10,11)12)3-5(1-2-14)4-13-7/h2-4H,1H2. The maximum atomic E-state index is 12.3. The van der Waals surface area contributed by atoms with Gasteiger partial charge in [-0.2, -0.15) is 13.2 Å². The Morgan fingerprint density at radius 1 is 1.50 bits per heavy atom. The fourth-order valence-electron chi connectivity index (χ4n) is 0.898. The molecule has 1 heterocycles. The van der Waals surface area contributed by atoms with Gasteiger partial charge in [-0.05, 0) is 11.6 Å². The minimum absolute atomic E-state index is 0.104. The van der Waals surface area contributed by atoms with E-state index < -0.39 is 16.9 Å². The Kier molecular flexibility index (Phi) is 3.10. The quantitative estimate of drug-likeness (QED) is 0.570. The molecule has 0 aliphatic heterocycles. The van der Waals surface area contributed by atoms with Crippen molar-refractivity contribution in [2.24, 2.45) is 0 Å². The maximum absolute atomic E-state index is 12.3. The van der Waals surface area contributed by atoms with Crippen molar-refractivity contribution in [1.29, 1.82) is 0 Å². The zero-order valence-electron chi connectivity index (χ0n) is 6.81. The van der Waals surface area contributed by atoms with Gasteiger partial charge in [0.25, 0.3) is 0 Å². The van der Waals surface area contributed by atoms with Crippen LogP contribution in [0.15, 0.2) is 12.3 Å². The van der Waals surface area contributed by atoms with Crippen molar-refractivity contribution in [1.82, 2.24) is 4.98 Å². The fraction of sp³-hybridized carbons (Fsp3) is 0.250. The number of nitrogens with zero attached hydrogens (tertiary/aromatic N) is 1. The molecule has 0 aliphatic carbocycles. The summed E-state index contributed by atoms with van der Waals surface area (Å²) in [5, 5.41) is -0.604. The van der Waals surface area contributed by atoms with Crippen molar-refractivity contribution in [3.63, 3.8) is 0 Å². The third-order valence-electron chi connectivity index (χ3n) is 1.52. The van der Waals surface area contributed by atoms with Crippen LogP contribution in [-0.4, -0.2) is 11.3 Å². The zero-order valence-corrected chi connectivity index (χ0v) is 7.56. The Hall–Kier alpha value is -1.10. The lowest BCUT2D eigenvalue weighted by Crippen LogP contribution is -2.08. The predicted octanol–water partition coefficient (Wildman–Crippen LogP) is 2.50. The molecule has 14 heavy (non-hydrogen) atoms. The zero-order chi connectivity index (χ0) is 10.8. The summed E-state index contributed by atoms with van der Waals surface area (Å²) in [4.78, 5) is 13.4. The van der Waals surface area contributed by atoms with Gasteiger partial charge in [-0.1, -0.05) is 11.6 Å². The fourth-order valence-corrected chi connectivity index (χ4v) is 1.11. The molecule has 0 unspecified atom stereocenters. The Morgan fingerprint density at radius 3 is 2.64 bits per heavy atom. The highest BCUT2D eigenvalue weighted by molar-refractivity contribution is 6.30. The predicted molar refractivity (Wildman–Crippen MR) is 44.0 cm³/mol. The molecule has 0 saturated carbocycles. The molecule has 0 atom stereocenters. The van der Waals surface area contributed by atoms with Gasteiger partial charge in [0.15, 0.2) is 0 Å². The molecular weight excluding hydrogens is 219 g/mol. The van der Waals surface area contributed by atoms with E-state index in [1.165, 1.54) is 0 Å². The summed E-state index contributed by atoms with van der Waals surface area (Å²) in [6, 6.07) is 0.823. The van der Waals surface area contributed by atoms with Crippen LogP contribution in [0.1, 0.15) is 11.1 Å². The number of halogens is 4. The second-order valence-electron chi connectivity index (χ2n) is 2.55. The first-order chi connectivity index (χ1) is 6.45. The number of pyridine rings is 1. The molecule has 0 saturated heterocycles. The van der Waals surface area contributed by atoms with E-state index >= 15 is 0 Å². The van der Waals surface area contributed by atoms with Gasteiger partial charge in [0.05, 0.1) is 5.56 Å². The van der Waals surface area contributed by atoms with Crippen LogP contribution in [0.2, 0.25) is 5.15 Å². The highest BCUT2D eigenvalue weighted by atomic mass is 35.5. The van der Waals surface area contributed by atoms with E-state index in [0.29, 0.717) is 6.29 Å². The molecule has 1 rings (SSSR count). The normalized spacial score (nSPS) is 11.4. The summed E-state index contributed by atoms with van der Waals surface area (Å²) in [6.45, 7) is 0. The minimum atomic E-state index is -4.54. The first kappa shape index (κ1) is 11.0. The Morgan fingerprint density at radius 2 is 2.14 bits per heavy atom. The van der Waals surface area contributed by atoms with E-state index in [9.17, 15) is 18.0 Å². The molecule has 6 heteroatoms. The van der Waals surface area contributed by atoms with Gasteiger partial charge in [0, 0.05) is 12.6 Å². The molecule has 76 valence electrons. The summed E-state index contributed by atoms with van der Waals surface area (Å²) >= 11 is 5.26. The van der Waals surface area contributed by atoms with E-state index in [-0.39, 0.29) is 12.0 Å². The highest BCUT2D eigenvalue weighted by Crippen LogP contribution is 2.33. The molecule has 1 aromatic heterocycles. The monoisotopic (exact) mass is 223 g/mol.